The number of thiocarbonyl (C=S) groups is 1. The second kappa shape index (κ2) is 9.97. The van der Waals surface area contributed by atoms with Crippen molar-refractivity contribution in [2.75, 3.05) is 6.54 Å². The first kappa shape index (κ1) is 20.0. The average molecular weight is 461 g/mol. The highest BCUT2D eigenvalue weighted by molar-refractivity contribution is 9.10. The van der Waals surface area contributed by atoms with Gasteiger partial charge in [-0.05, 0) is 70.5 Å². The number of rotatable bonds is 6. The van der Waals surface area contributed by atoms with E-state index >= 15 is 0 Å². The molecule has 0 aromatic heterocycles. The first-order valence-electron chi connectivity index (χ1n) is 7.42. The zero-order valence-electron chi connectivity index (χ0n) is 13.4. The number of hydrogen-bond donors (Lipinski definition) is 2. The summed E-state index contributed by atoms with van der Waals surface area (Å²) in [6.45, 7) is 3.08. The van der Waals surface area contributed by atoms with E-state index in [1.165, 1.54) is 0 Å². The SMILES string of the molecule is CCNC(=S)NN=Cc1cc(Cl)c(OCc2ccc(Cl)cc2)c(Br)c1. The Morgan fingerprint density at radius 3 is 2.64 bits per heavy atom. The van der Waals surface area contributed by atoms with Crippen LogP contribution in [0.25, 0.3) is 0 Å². The minimum Gasteiger partial charge on any atom is -0.486 e. The summed E-state index contributed by atoms with van der Waals surface area (Å²) >= 11 is 20.7. The maximum absolute atomic E-state index is 6.32. The van der Waals surface area contributed by atoms with Crippen LogP contribution < -0.4 is 15.5 Å². The van der Waals surface area contributed by atoms with Gasteiger partial charge in [0, 0.05) is 11.6 Å². The molecule has 2 rings (SSSR count). The molecule has 0 saturated carbocycles. The van der Waals surface area contributed by atoms with E-state index in [4.69, 9.17) is 40.2 Å². The van der Waals surface area contributed by atoms with Crippen LogP contribution in [0.3, 0.4) is 0 Å². The van der Waals surface area contributed by atoms with Crippen molar-refractivity contribution in [3.8, 4) is 5.75 Å². The fourth-order valence-electron chi connectivity index (χ4n) is 1.89. The van der Waals surface area contributed by atoms with Crippen LogP contribution in [0.15, 0.2) is 46.0 Å². The van der Waals surface area contributed by atoms with Gasteiger partial charge >= 0.3 is 0 Å². The number of nitrogens with zero attached hydrogens (tertiary/aromatic N) is 1. The van der Waals surface area contributed by atoms with Gasteiger partial charge in [0.25, 0.3) is 0 Å². The summed E-state index contributed by atoms with van der Waals surface area (Å²) in [5.41, 5.74) is 4.53. The van der Waals surface area contributed by atoms with Crippen molar-refractivity contribution in [1.82, 2.24) is 10.7 Å². The number of ether oxygens (including phenoxy) is 1. The average Bonchev–Trinajstić information content (AvgIpc) is 2.56. The van der Waals surface area contributed by atoms with E-state index in [0.717, 1.165) is 22.1 Å². The van der Waals surface area contributed by atoms with Crippen LogP contribution in [-0.2, 0) is 6.61 Å². The molecule has 0 bridgehead atoms. The van der Waals surface area contributed by atoms with Gasteiger partial charge < -0.3 is 10.1 Å². The first-order chi connectivity index (χ1) is 12.0. The molecule has 132 valence electrons. The van der Waals surface area contributed by atoms with Gasteiger partial charge in [-0.15, -0.1) is 0 Å². The van der Waals surface area contributed by atoms with Crippen LogP contribution in [0, 0.1) is 0 Å². The summed E-state index contributed by atoms with van der Waals surface area (Å²) in [7, 11) is 0. The van der Waals surface area contributed by atoms with Crippen LogP contribution >= 0.6 is 51.3 Å². The number of nitrogens with one attached hydrogen (secondary N) is 2. The fourth-order valence-corrected chi connectivity index (χ4v) is 3.21. The van der Waals surface area contributed by atoms with Gasteiger partial charge in [0.05, 0.1) is 15.7 Å². The molecule has 0 atom stereocenters. The second-order valence-corrected chi connectivity index (χ2v) is 7.06. The van der Waals surface area contributed by atoms with Gasteiger partial charge in [0.2, 0.25) is 0 Å². The lowest BCUT2D eigenvalue weighted by Gasteiger charge is -2.11. The Kier molecular flexibility index (Phi) is 7.96. The molecule has 0 spiro atoms. The smallest absolute Gasteiger partial charge is 0.186 e. The molecule has 0 radical (unpaired) electrons. The molecule has 0 aliphatic heterocycles. The molecular weight excluding hydrogens is 445 g/mol. The van der Waals surface area contributed by atoms with Crippen molar-refractivity contribution in [2.45, 2.75) is 13.5 Å². The second-order valence-electron chi connectivity index (χ2n) is 4.96. The lowest BCUT2D eigenvalue weighted by molar-refractivity contribution is 0.304. The Hall–Kier alpha value is -1.34. The van der Waals surface area contributed by atoms with E-state index in [1.807, 2.05) is 37.3 Å². The first-order valence-corrected chi connectivity index (χ1v) is 9.38. The maximum atomic E-state index is 6.32. The summed E-state index contributed by atoms with van der Waals surface area (Å²) in [5.74, 6) is 0.574. The van der Waals surface area contributed by atoms with E-state index in [2.05, 4.69) is 31.8 Å². The maximum Gasteiger partial charge on any atom is 0.186 e. The molecule has 4 nitrogen and oxygen atoms in total. The minimum atomic E-state index is 0.390. The van der Waals surface area contributed by atoms with Crippen molar-refractivity contribution < 1.29 is 4.74 Å². The quantitative estimate of drug-likeness (QED) is 0.355. The van der Waals surface area contributed by atoms with Gasteiger partial charge in [-0.2, -0.15) is 5.10 Å². The highest BCUT2D eigenvalue weighted by Gasteiger charge is 2.09. The van der Waals surface area contributed by atoms with Gasteiger partial charge in [0.15, 0.2) is 10.9 Å². The molecule has 25 heavy (non-hydrogen) atoms. The number of hydrogen-bond acceptors (Lipinski definition) is 3. The molecule has 2 aromatic carbocycles. The predicted octanol–water partition coefficient (Wildman–Crippen LogP) is 5.15. The van der Waals surface area contributed by atoms with E-state index in [-0.39, 0.29) is 0 Å². The third kappa shape index (κ3) is 6.47. The third-order valence-corrected chi connectivity index (χ3v) is 4.39. The lowest BCUT2D eigenvalue weighted by Crippen LogP contribution is -2.31. The Balaban J connectivity index is 2.02. The van der Waals surface area contributed by atoms with Crippen molar-refractivity contribution in [3.63, 3.8) is 0 Å². The Labute approximate surface area is 170 Å². The molecule has 0 heterocycles. The zero-order chi connectivity index (χ0) is 18.2. The predicted molar refractivity (Wildman–Crippen MR) is 112 cm³/mol. The lowest BCUT2D eigenvalue weighted by atomic mass is 10.2. The number of halogens is 3. The molecular formula is C17H16BrCl2N3OS. The highest BCUT2D eigenvalue weighted by atomic mass is 79.9. The molecule has 0 unspecified atom stereocenters. The molecule has 8 heteroatoms. The van der Waals surface area contributed by atoms with Crippen LogP contribution in [0.4, 0.5) is 0 Å². The monoisotopic (exact) mass is 459 g/mol. The molecule has 0 aliphatic carbocycles. The minimum absolute atomic E-state index is 0.390. The molecule has 0 amide bonds. The van der Waals surface area contributed by atoms with E-state index < -0.39 is 0 Å². The van der Waals surface area contributed by atoms with Gasteiger partial charge in [-0.1, -0.05) is 35.3 Å². The summed E-state index contributed by atoms with van der Waals surface area (Å²) in [4.78, 5) is 0. The number of benzene rings is 2. The largest absolute Gasteiger partial charge is 0.486 e. The van der Waals surface area contributed by atoms with E-state index in [0.29, 0.717) is 27.5 Å². The summed E-state index contributed by atoms with van der Waals surface area (Å²) in [6.07, 6.45) is 1.63. The van der Waals surface area contributed by atoms with Gasteiger partial charge in [0.1, 0.15) is 6.61 Å². The number of hydrazone groups is 1. The van der Waals surface area contributed by atoms with Crippen LogP contribution in [0.5, 0.6) is 5.75 Å². The fraction of sp³-hybridized carbons (Fsp3) is 0.176. The van der Waals surface area contributed by atoms with E-state index in [9.17, 15) is 0 Å². The van der Waals surface area contributed by atoms with Crippen molar-refractivity contribution in [3.05, 3.63) is 62.0 Å². The van der Waals surface area contributed by atoms with Crippen molar-refractivity contribution in [2.24, 2.45) is 5.10 Å². The molecule has 0 aliphatic rings. The van der Waals surface area contributed by atoms with Crippen LogP contribution in [0.1, 0.15) is 18.1 Å². The highest BCUT2D eigenvalue weighted by Crippen LogP contribution is 2.34. The van der Waals surface area contributed by atoms with E-state index in [1.54, 1.807) is 12.3 Å². The Morgan fingerprint density at radius 1 is 1.28 bits per heavy atom. The Bertz CT molecular complexity index is 746. The van der Waals surface area contributed by atoms with Crippen LogP contribution in [0.2, 0.25) is 10.0 Å². The van der Waals surface area contributed by atoms with Crippen molar-refractivity contribution >= 4 is 62.7 Å². The van der Waals surface area contributed by atoms with Gasteiger partial charge in [-0.25, -0.2) is 0 Å². The molecule has 0 fully saturated rings. The summed E-state index contributed by atoms with van der Waals surface area (Å²) < 4.78 is 6.55. The standard InChI is InChI=1S/C17H16BrCl2N3OS/c1-2-21-17(25)23-22-9-12-7-14(18)16(15(20)8-12)24-10-11-3-5-13(19)6-4-11/h3-9H,2,10H2,1H3,(H2,21,23,25). The normalized spacial score (nSPS) is 10.7. The zero-order valence-corrected chi connectivity index (χ0v) is 17.3. The molecule has 0 saturated heterocycles. The molecule has 2 aromatic rings. The van der Waals surface area contributed by atoms with Crippen molar-refractivity contribution in [1.29, 1.82) is 0 Å². The van der Waals surface area contributed by atoms with Crippen LogP contribution in [-0.4, -0.2) is 17.9 Å². The molecule has 2 N–H and O–H groups in total. The summed E-state index contributed by atoms with van der Waals surface area (Å²) in [5, 5.41) is 8.64. The topological polar surface area (TPSA) is 45.7 Å². The Morgan fingerprint density at radius 2 is 2.00 bits per heavy atom. The summed E-state index contributed by atoms with van der Waals surface area (Å²) in [6, 6.07) is 11.1. The van der Waals surface area contributed by atoms with Gasteiger partial charge in [-0.3, -0.25) is 5.43 Å². The third-order valence-electron chi connectivity index (χ3n) is 3.03.